The Morgan fingerprint density at radius 2 is 1.19 bits per heavy atom. The normalized spacial score (nSPS) is 14.3. The monoisotopic (exact) mass is 355 g/mol. The fourth-order valence-corrected chi connectivity index (χ4v) is 1.79. The van der Waals surface area contributed by atoms with Gasteiger partial charge >= 0.3 is 0 Å². The van der Waals surface area contributed by atoms with Crippen LogP contribution in [-0.2, 0) is 4.79 Å². The Morgan fingerprint density at radius 1 is 0.731 bits per heavy atom. The molecule has 0 spiro atoms. The van der Waals surface area contributed by atoms with Crippen molar-refractivity contribution in [3.63, 3.8) is 0 Å². The highest BCUT2D eigenvalue weighted by molar-refractivity contribution is 5.55. The van der Waals surface area contributed by atoms with E-state index in [0.29, 0.717) is 12.7 Å². The number of carbonyl (C=O) groups excluding carboxylic acids is 1. The highest BCUT2D eigenvalue weighted by Crippen LogP contribution is 1.97. The Labute approximate surface area is 156 Å². The van der Waals surface area contributed by atoms with Crippen LogP contribution in [0.2, 0.25) is 0 Å². The van der Waals surface area contributed by atoms with Gasteiger partial charge in [0.1, 0.15) is 0 Å². The molecule has 0 aliphatic carbocycles. The number of carbonyl (C=O) groups is 1. The van der Waals surface area contributed by atoms with E-state index in [-0.39, 0.29) is 6.42 Å². The van der Waals surface area contributed by atoms with Crippen LogP contribution in [0.4, 0.5) is 0 Å². The molecule has 0 fully saturated rings. The van der Waals surface area contributed by atoms with Crippen molar-refractivity contribution in [1.29, 1.82) is 0 Å². The lowest BCUT2D eigenvalue weighted by Gasteiger charge is -1.95. The van der Waals surface area contributed by atoms with Crippen molar-refractivity contribution in [3.8, 4) is 0 Å². The molecule has 0 N–H and O–H groups in total. The summed E-state index contributed by atoms with van der Waals surface area (Å²) >= 11 is 0. The maximum atomic E-state index is 10.4. The average Bonchev–Trinajstić information content (AvgIpc) is 2.63. The van der Waals surface area contributed by atoms with E-state index in [1.165, 1.54) is 0 Å². The Morgan fingerprint density at radius 3 is 1.69 bits per heavy atom. The molecule has 0 aromatic heterocycles. The zero-order chi connectivity index (χ0) is 19.3. The first-order valence-electron chi connectivity index (χ1n) is 8.91. The third-order valence-electron chi connectivity index (χ3n) is 3.19. The van der Waals surface area contributed by atoms with Gasteiger partial charge in [-0.15, -0.1) is 0 Å². The number of allylic oxidation sites excluding steroid dienone is 13. The average molecular weight is 355 g/mol. The summed E-state index contributed by atoms with van der Waals surface area (Å²) in [7, 11) is 0. The first-order chi connectivity index (χ1) is 12.7. The van der Waals surface area contributed by atoms with Crippen molar-refractivity contribution in [1.82, 2.24) is 0 Å². The van der Waals surface area contributed by atoms with Crippen LogP contribution in [0.1, 0.15) is 39.0 Å². The van der Waals surface area contributed by atoms with Gasteiger partial charge in [0.2, 0.25) is 0 Å². The standard InChI is InChI=1S/C22H29NO3/c1-2-3-4-5-6-7-8-9-10-11-12-13-14-15-16-17-18-19-20-22(21-24)23(25)26/h3-4,6-7,9-16,18-19,21-22H,2,5,8,17,20H2,1H3/b4-3+,7-6+,10-9+,12-11+,14-13+,16-15+,19-18+. The smallest absolute Gasteiger partial charge is 0.270 e. The molecular formula is C22H29NO3. The molecule has 0 saturated heterocycles. The van der Waals surface area contributed by atoms with E-state index < -0.39 is 11.0 Å². The van der Waals surface area contributed by atoms with Crippen molar-refractivity contribution >= 4 is 6.29 Å². The van der Waals surface area contributed by atoms with Crippen molar-refractivity contribution in [3.05, 3.63) is 95.2 Å². The minimum atomic E-state index is -1.14. The maximum absolute atomic E-state index is 10.4. The van der Waals surface area contributed by atoms with Crippen molar-refractivity contribution in [2.75, 3.05) is 0 Å². The van der Waals surface area contributed by atoms with Gasteiger partial charge in [-0.2, -0.15) is 0 Å². The van der Waals surface area contributed by atoms with E-state index in [4.69, 9.17) is 0 Å². The number of aldehydes is 1. The van der Waals surface area contributed by atoms with Crippen LogP contribution in [0.25, 0.3) is 0 Å². The second-order valence-electron chi connectivity index (χ2n) is 5.38. The van der Waals surface area contributed by atoms with Gasteiger partial charge in [-0.25, -0.2) is 0 Å². The fourth-order valence-electron chi connectivity index (χ4n) is 1.79. The molecule has 0 heterocycles. The molecule has 0 rings (SSSR count). The van der Waals surface area contributed by atoms with Gasteiger partial charge in [-0.3, -0.25) is 14.9 Å². The molecule has 0 bridgehead atoms. The van der Waals surface area contributed by atoms with Crippen LogP contribution in [-0.4, -0.2) is 17.3 Å². The fraction of sp³-hybridized carbons (Fsp3) is 0.318. The third-order valence-corrected chi connectivity index (χ3v) is 3.19. The maximum Gasteiger partial charge on any atom is 0.270 e. The molecule has 26 heavy (non-hydrogen) atoms. The van der Waals surface area contributed by atoms with E-state index in [2.05, 4.69) is 37.3 Å². The van der Waals surface area contributed by atoms with E-state index in [1.54, 1.807) is 6.08 Å². The van der Waals surface area contributed by atoms with E-state index in [1.807, 2.05) is 48.6 Å². The number of nitro groups is 1. The summed E-state index contributed by atoms with van der Waals surface area (Å²) in [5.41, 5.74) is 0. The topological polar surface area (TPSA) is 60.2 Å². The second-order valence-corrected chi connectivity index (χ2v) is 5.38. The molecule has 1 atom stereocenters. The van der Waals surface area contributed by atoms with Gasteiger partial charge < -0.3 is 0 Å². The first-order valence-corrected chi connectivity index (χ1v) is 8.91. The lowest BCUT2D eigenvalue weighted by atomic mass is 10.2. The molecule has 0 aromatic rings. The van der Waals surface area contributed by atoms with E-state index in [0.717, 1.165) is 19.3 Å². The number of hydrogen-bond donors (Lipinski definition) is 0. The van der Waals surface area contributed by atoms with Crippen LogP contribution in [0.3, 0.4) is 0 Å². The Balaban J connectivity index is 3.81. The summed E-state index contributed by atoms with van der Waals surface area (Å²) in [6, 6.07) is -1.14. The summed E-state index contributed by atoms with van der Waals surface area (Å²) < 4.78 is 0. The summed E-state index contributed by atoms with van der Waals surface area (Å²) in [5, 5.41) is 10.4. The molecule has 0 aromatic carbocycles. The first kappa shape index (κ1) is 23.2. The highest BCUT2D eigenvalue weighted by Gasteiger charge is 2.15. The highest BCUT2D eigenvalue weighted by atomic mass is 16.6. The zero-order valence-electron chi connectivity index (χ0n) is 15.4. The summed E-state index contributed by atoms with van der Waals surface area (Å²) in [4.78, 5) is 20.3. The molecular weight excluding hydrogens is 326 g/mol. The predicted molar refractivity (Wildman–Crippen MR) is 110 cm³/mol. The molecule has 0 aliphatic heterocycles. The molecule has 4 nitrogen and oxygen atoms in total. The predicted octanol–water partition coefficient (Wildman–Crippen LogP) is 5.69. The van der Waals surface area contributed by atoms with Crippen LogP contribution in [0.5, 0.6) is 0 Å². The van der Waals surface area contributed by atoms with Crippen LogP contribution >= 0.6 is 0 Å². The SMILES string of the molecule is CC/C=C/C/C=C/C/C=C/C=C/C=C/C=C/C/C=C/CC(C=O)[N+](=O)[O-]. The number of hydrogen-bond acceptors (Lipinski definition) is 3. The molecule has 1 unspecified atom stereocenters. The van der Waals surface area contributed by atoms with E-state index >= 15 is 0 Å². The van der Waals surface area contributed by atoms with Crippen molar-refractivity contribution in [2.45, 2.75) is 45.1 Å². The van der Waals surface area contributed by atoms with Gasteiger partial charge in [-0.05, 0) is 25.7 Å². The quantitative estimate of drug-likeness (QED) is 0.132. The molecule has 4 heteroatoms. The lowest BCUT2D eigenvalue weighted by molar-refractivity contribution is -0.504. The Bertz CT molecular complexity index is 578. The Kier molecular flexibility index (Phi) is 16.6. The minimum absolute atomic E-state index is 0.139. The zero-order valence-corrected chi connectivity index (χ0v) is 15.4. The number of rotatable bonds is 14. The van der Waals surface area contributed by atoms with Crippen LogP contribution in [0.15, 0.2) is 85.1 Å². The van der Waals surface area contributed by atoms with Crippen molar-refractivity contribution in [2.24, 2.45) is 0 Å². The lowest BCUT2D eigenvalue weighted by Crippen LogP contribution is -2.19. The van der Waals surface area contributed by atoms with E-state index in [9.17, 15) is 14.9 Å². The minimum Gasteiger partial charge on any atom is -0.296 e. The largest absolute Gasteiger partial charge is 0.296 e. The third kappa shape index (κ3) is 16.1. The van der Waals surface area contributed by atoms with Crippen LogP contribution in [0, 0.1) is 10.1 Å². The van der Waals surface area contributed by atoms with Crippen molar-refractivity contribution < 1.29 is 9.72 Å². The number of nitrogens with zero attached hydrogens (tertiary/aromatic N) is 1. The van der Waals surface area contributed by atoms with Gasteiger partial charge in [-0.1, -0.05) is 92.0 Å². The van der Waals surface area contributed by atoms with Crippen LogP contribution < -0.4 is 0 Å². The van der Waals surface area contributed by atoms with Gasteiger partial charge in [0.15, 0.2) is 6.29 Å². The van der Waals surface area contributed by atoms with Gasteiger partial charge in [0, 0.05) is 11.3 Å². The van der Waals surface area contributed by atoms with Gasteiger partial charge in [0.25, 0.3) is 6.04 Å². The molecule has 0 radical (unpaired) electrons. The summed E-state index contributed by atoms with van der Waals surface area (Å²) in [6.07, 6.45) is 32.1. The van der Waals surface area contributed by atoms with Gasteiger partial charge in [0.05, 0.1) is 0 Å². The summed E-state index contributed by atoms with van der Waals surface area (Å²) in [6.45, 7) is 2.13. The summed E-state index contributed by atoms with van der Waals surface area (Å²) in [5.74, 6) is 0. The molecule has 0 amide bonds. The molecule has 140 valence electrons. The molecule has 0 aliphatic rings. The second kappa shape index (κ2) is 18.6. The Hall–Kier alpha value is -2.75. The molecule has 0 saturated carbocycles.